The van der Waals surface area contributed by atoms with Crippen molar-refractivity contribution in [3.05, 3.63) is 46.7 Å². The van der Waals surface area contributed by atoms with Crippen molar-refractivity contribution >= 4 is 28.3 Å². The minimum atomic E-state index is -1.22. The molecule has 5 rings (SSSR count). The number of piperidine rings is 1. The summed E-state index contributed by atoms with van der Waals surface area (Å²) < 4.78 is 33.9. The minimum absolute atomic E-state index is 0.275. The van der Waals surface area contributed by atoms with Crippen LogP contribution in [-0.4, -0.2) is 68.8 Å². The molecule has 40 heavy (non-hydrogen) atoms. The molecule has 0 radical (unpaired) electrons. The number of aliphatic carboxylic acids is 1. The molecule has 2 aromatic heterocycles. The lowest BCUT2D eigenvalue weighted by atomic mass is 9.97. The number of aliphatic hydroxyl groups is 1. The van der Waals surface area contributed by atoms with Gasteiger partial charge in [-0.1, -0.05) is 0 Å². The van der Waals surface area contributed by atoms with Crippen molar-refractivity contribution in [2.75, 3.05) is 37.0 Å². The van der Waals surface area contributed by atoms with Crippen molar-refractivity contribution < 1.29 is 28.5 Å². The van der Waals surface area contributed by atoms with E-state index in [1.54, 1.807) is 6.20 Å². The number of likely N-dealkylation sites (tertiary alicyclic amines) is 1. The Balaban J connectivity index is 1.34. The molecule has 0 aliphatic carbocycles. The molecule has 2 atom stereocenters. The molecule has 1 aromatic carbocycles. The number of carbonyl (C=O) groups is 1. The highest BCUT2D eigenvalue weighted by atomic mass is 32.1. The zero-order valence-corrected chi connectivity index (χ0v) is 23.1. The number of aliphatic hydroxyl groups excluding tert-OH is 1. The van der Waals surface area contributed by atoms with E-state index >= 15 is 0 Å². The van der Waals surface area contributed by atoms with E-state index in [1.807, 2.05) is 4.90 Å². The number of hydrogen-bond donors (Lipinski definition) is 3. The topological polar surface area (TPSA) is 124 Å². The number of nitrogens with one attached hydrogen (secondary N) is 1. The lowest BCUT2D eigenvalue weighted by molar-refractivity contribution is -0.142. The molecule has 4 heterocycles. The molecular weight excluding hydrogens is 542 g/mol. The Hall–Kier alpha value is -3.42. The first kappa shape index (κ1) is 28.1. The van der Waals surface area contributed by atoms with Crippen molar-refractivity contribution in [3.8, 4) is 17.0 Å². The second kappa shape index (κ2) is 12.0. The van der Waals surface area contributed by atoms with Crippen LogP contribution in [0.25, 0.3) is 11.3 Å². The van der Waals surface area contributed by atoms with Crippen LogP contribution < -0.4 is 15.0 Å². The molecule has 3 N–H and O–H groups in total. The third kappa shape index (κ3) is 6.01. The molecule has 2 aliphatic heterocycles. The van der Waals surface area contributed by atoms with Gasteiger partial charge in [0.1, 0.15) is 11.5 Å². The summed E-state index contributed by atoms with van der Waals surface area (Å²) in [5.74, 6) is -2.59. The highest BCUT2D eigenvalue weighted by Crippen LogP contribution is 2.37. The quantitative estimate of drug-likeness (QED) is 0.319. The monoisotopic (exact) mass is 574 g/mol. The van der Waals surface area contributed by atoms with E-state index in [0.29, 0.717) is 55.2 Å². The molecule has 0 amide bonds. The highest BCUT2D eigenvalue weighted by molar-refractivity contribution is 7.16. The van der Waals surface area contributed by atoms with Gasteiger partial charge in [-0.3, -0.25) is 14.7 Å². The van der Waals surface area contributed by atoms with Crippen LogP contribution in [0.15, 0.2) is 24.5 Å². The molecule has 0 bridgehead atoms. The van der Waals surface area contributed by atoms with E-state index in [4.69, 9.17) is 4.74 Å². The van der Waals surface area contributed by atoms with Crippen molar-refractivity contribution in [3.63, 3.8) is 0 Å². The standard InChI is InChI=1S/C27H32F2N6O4S/c1-15-4-3-7-35(15)14-21-23(17-10-18(28)24(39-2)19(29)11-17)32-27(40-21)33-25(36)20-12-31-22(13-30-20)34-8-5-16(6-9-34)26(37)38/h10-13,15-16,25,36H,3-9,14H2,1-2H3,(H,32,33)(H,37,38)/t15-,25?/m1/s1. The van der Waals surface area contributed by atoms with Crippen LogP contribution in [0.3, 0.4) is 0 Å². The first-order chi connectivity index (χ1) is 19.2. The first-order valence-corrected chi connectivity index (χ1v) is 14.1. The number of methoxy groups -OCH3 is 1. The lowest BCUT2D eigenvalue weighted by Crippen LogP contribution is -2.36. The number of ether oxygens (including phenoxy) is 1. The van der Waals surface area contributed by atoms with Gasteiger partial charge in [-0.2, -0.15) is 0 Å². The number of halogens is 2. The number of thiazole rings is 1. The van der Waals surface area contributed by atoms with E-state index in [0.717, 1.165) is 24.3 Å². The second-order valence-corrected chi connectivity index (χ2v) is 11.3. The van der Waals surface area contributed by atoms with E-state index in [1.165, 1.54) is 36.8 Å². The Morgan fingerprint density at radius 2 is 1.90 bits per heavy atom. The first-order valence-electron chi connectivity index (χ1n) is 13.2. The summed E-state index contributed by atoms with van der Waals surface area (Å²) in [6.45, 7) is 4.77. The fourth-order valence-corrected chi connectivity index (χ4v) is 6.26. The van der Waals surface area contributed by atoms with Gasteiger partial charge in [-0.15, -0.1) is 11.3 Å². The fourth-order valence-electron chi connectivity index (χ4n) is 5.23. The molecule has 10 nitrogen and oxygen atoms in total. The summed E-state index contributed by atoms with van der Waals surface area (Å²) in [4.78, 5) is 29.7. The van der Waals surface area contributed by atoms with E-state index < -0.39 is 29.6 Å². The molecule has 3 aromatic rings. The van der Waals surface area contributed by atoms with Gasteiger partial charge < -0.3 is 25.2 Å². The Morgan fingerprint density at radius 3 is 2.48 bits per heavy atom. The highest BCUT2D eigenvalue weighted by Gasteiger charge is 2.27. The van der Waals surface area contributed by atoms with Gasteiger partial charge in [0.25, 0.3) is 0 Å². The van der Waals surface area contributed by atoms with Gasteiger partial charge in [-0.25, -0.2) is 18.7 Å². The smallest absolute Gasteiger partial charge is 0.306 e. The molecule has 13 heteroatoms. The fraction of sp³-hybridized carbons (Fsp3) is 0.481. The number of rotatable bonds is 9. The predicted molar refractivity (Wildman–Crippen MR) is 146 cm³/mol. The number of anilines is 2. The molecule has 0 spiro atoms. The summed E-state index contributed by atoms with van der Waals surface area (Å²) in [5, 5.41) is 23.4. The minimum Gasteiger partial charge on any atom is -0.491 e. The van der Waals surface area contributed by atoms with Crippen molar-refractivity contribution in [2.45, 2.75) is 51.4 Å². The maximum Gasteiger partial charge on any atom is 0.306 e. The van der Waals surface area contributed by atoms with Crippen LogP contribution in [0.2, 0.25) is 0 Å². The summed E-state index contributed by atoms with van der Waals surface area (Å²) >= 11 is 1.31. The average molecular weight is 575 g/mol. The molecule has 1 unspecified atom stereocenters. The SMILES string of the molecule is COc1c(F)cc(-c2nc(NC(O)c3cnc(N4CCC(C(=O)O)CC4)cn3)sc2CN2CCC[C@H]2C)cc1F. The summed E-state index contributed by atoms with van der Waals surface area (Å²) in [5.41, 5.74) is 0.995. The zero-order valence-electron chi connectivity index (χ0n) is 22.3. The van der Waals surface area contributed by atoms with Crippen LogP contribution in [0.4, 0.5) is 19.7 Å². The number of hydrogen-bond acceptors (Lipinski definition) is 10. The maximum atomic E-state index is 14.6. The Labute approximate surface area is 234 Å². The van der Waals surface area contributed by atoms with E-state index in [9.17, 15) is 23.8 Å². The maximum absolute atomic E-state index is 14.6. The molecule has 214 valence electrons. The van der Waals surface area contributed by atoms with Crippen LogP contribution in [0.5, 0.6) is 5.75 Å². The molecule has 2 saturated heterocycles. The third-order valence-corrected chi connectivity index (χ3v) is 8.55. The second-order valence-electron chi connectivity index (χ2n) is 10.2. The Kier molecular flexibility index (Phi) is 8.43. The van der Waals surface area contributed by atoms with Crippen LogP contribution >= 0.6 is 11.3 Å². The number of carboxylic acids is 1. The molecule has 2 aliphatic rings. The molecule has 0 saturated carbocycles. The van der Waals surface area contributed by atoms with Gasteiger partial charge in [-0.05, 0) is 51.3 Å². The van der Waals surface area contributed by atoms with Crippen LogP contribution in [0, 0.1) is 17.6 Å². The van der Waals surface area contributed by atoms with Crippen molar-refractivity contribution in [1.29, 1.82) is 0 Å². The van der Waals surface area contributed by atoms with Gasteiger partial charge in [0.05, 0.1) is 31.1 Å². The number of aromatic nitrogens is 3. The molecular formula is C27H32F2N6O4S. The third-order valence-electron chi connectivity index (χ3n) is 7.58. The van der Waals surface area contributed by atoms with Gasteiger partial charge in [0.2, 0.25) is 0 Å². The van der Waals surface area contributed by atoms with E-state index in [-0.39, 0.29) is 17.2 Å². The van der Waals surface area contributed by atoms with Crippen molar-refractivity contribution in [1.82, 2.24) is 19.9 Å². The largest absolute Gasteiger partial charge is 0.491 e. The zero-order chi connectivity index (χ0) is 28.4. The number of benzene rings is 1. The Morgan fingerprint density at radius 1 is 1.18 bits per heavy atom. The van der Waals surface area contributed by atoms with Crippen molar-refractivity contribution in [2.24, 2.45) is 5.92 Å². The number of nitrogens with zero attached hydrogens (tertiary/aromatic N) is 5. The van der Waals surface area contributed by atoms with Gasteiger partial charge in [0, 0.05) is 36.1 Å². The summed E-state index contributed by atoms with van der Waals surface area (Å²) in [7, 11) is 1.21. The Bertz CT molecular complexity index is 1330. The summed E-state index contributed by atoms with van der Waals surface area (Å²) in [6, 6.07) is 2.79. The normalized spacial score (nSPS) is 19.1. The van der Waals surface area contributed by atoms with Crippen LogP contribution in [0.1, 0.15) is 49.4 Å². The summed E-state index contributed by atoms with van der Waals surface area (Å²) in [6.07, 6.45) is 5.03. The average Bonchev–Trinajstić information content (AvgIpc) is 3.54. The van der Waals surface area contributed by atoms with Gasteiger partial charge in [0.15, 0.2) is 28.7 Å². The van der Waals surface area contributed by atoms with Gasteiger partial charge >= 0.3 is 5.97 Å². The predicted octanol–water partition coefficient (Wildman–Crippen LogP) is 4.28. The van der Waals surface area contributed by atoms with Crippen LogP contribution in [-0.2, 0) is 11.3 Å². The lowest BCUT2D eigenvalue weighted by Gasteiger charge is -2.30. The number of carboxylic acid groups (broad SMARTS) is 1. The molecule has 2 fully saturated rings. The van der Waals surface area contributed by atoms with E-state index in [2.05, 4.69) is 32.1 Å².